The van der Waals surface area contributed by atoms with Gasteiger partial charge in [-0.1, -0.05) is 70.2 Å². The lowest BCUT2D eigenvalue weighted by Gasteiger charge is -2.35. The first-order valence-electron chi connectivity index (χ1n) is 7.99. The molecule has 21 heavy (non-hydrogen) atoms. The van der Waals surface area contributed by atoms with Crippen LogP contribution in [-0.2, 0) is 8.85 Å². The molecule has 1 aliphatic carbocycles. The van der Waals surface area contributed by atoms with Crippen molar-refractivity contribution < 1.29 is 8.85 Å². The molecule has 0 spiro atoms. The molecule has 1 saturated carbocycles. The molecule has 0 aromatic heterocycles. The summed E-state index contributed by atoms with van der Waals surface area (Å²) in [5.41, 5.74) is 1.21. The Labute approximate surface area is 131 Å². The van der Waals surface area contributed by atoms with Crippen molar-refractivity contribution in [3.05, 3.63) is 42.0 Å². The van der Waals surface area contributed by atoms with Crippen molar-refractivity contribution in [3.8, 4) is 0 Å². The van der Waals surface area contributed by atoms with Gasteiger partial charge in [0.05, 0.1) is 6.61 Å². The van der Waals surface area contributed by atoms with E-state index >= 15 is 0 Å². The average Bonchev–Trinajstić information content (AvgIpc) is 3.27. The van der Waals surface area contributed by atoms with Gasteiger partial charge in [-0.2, -0.15) is 0 Å². The Bertz CT molecular complexity index is 450. The van der Waals surface area contributed by atoms with Gasteiger partial charge in [0.25, 0.3) is 0 Å². The molecule has 1 fully saturated rings. The predicted molar refractivity (Wildman–Crippen MR) is 91.6 cm³/mol. The standard InChI is InChI=1S/C18H28O2Si/c1-15(2)18(3,4)21(20-17-12-13-17)19-14-8-11-16-9-6-5-7-10-16/h5-11,15,17,21H,12-14H2,1-4H3/b11-8+. The van der Waals surface area contributed by atoms with Crippen molar-refractivity contribution in [2.75, 3.05) is 6.61 Å². The van der Waals surface area contributed by atoms with Gasteiger partial charge in [-0.25, -0.2) is 0 Å². The van der Waals surface area contributed by atoms with Crippen LogP contribution in [-0.4, -0.2) is 22.0 Å². The van der Waals surface area contributed by atoms with E-state index in [4.69, 9.17) is 8.85 Å². The molecule has 0 radical (unpaired) electrons. The summed E-state index contributed by atoms with van der Waals surface area (Å²) in [6, 6.07) is 10.3. The van der Waals surface area contributed by atoms with E-state index in [2.05, 4.69) is 64.1 Å². The van der Waals surface area contributed by atoms with Gasteiger partial charge in [0, 0.05) is 11.1 Å². The van der Waals surface area contributed by atoms with Crippen LogP contribution in [0.4, 0.5) is 0 Å². The van der Waals surface area contributed by atoms with Crippen LogP contribution in [0.25, 0.3) is 6.08 Å². The van der Waals surface area contributed by atoms with E-state index in [9.17, 15) is 0 Å². The van der Waals surface area contributed by atoms with Crippen molar-refractivity contribution in [2.24, 2.45) is 5.92 Å². The highest BCUT2D eigenvalue weighted by Gasteiger charge is 2.40. The van der Waals surface area contributed by atoms with Gasteiger partial charge in [0.2, 0.25) is 0 Å². The van der Waals surface area contributed by atoms with Crippen LogP contribution < -0.4 is 0 Å². The van der Waals surface area contributed by atoms with Crippen LogP contribution in [0.1, 0.15) is 46.1 Å². The smallest absolute Gasteiger partial charge is 0.328 e. The Kier molecular flexibility index (Phi) is 5.79. The molecule has 1 atom stereocenters. The summed E-state index contributed by atoms with van der Waals surface area (Å²) in [6.45, 7) is 9.75. The summed E-state index contributed by atoms with van der Waals surface area (Å²) in [5, 5.41) is 0.156. The second-order valence-corrected chi connectivity index (χ2v) is 9.55. The first-order chi connectivity index (χ1) is 10.00. The Morgan fingerprint density at radius 1 is 1.24 bits per heavy atom. The fraction of sp³-hybridized carbons (Fsp3) is 0.556. The van der Waals surface area contributed by atoms with Gasteiger partial charge in [0.1, 0.15) is 0 Å². The summed E-state index contributed by atoms with van der Waals surface area (Å²) in [5.74, 6) is 0.575. The summed E-state index contributed by atoms with van der Waals surface area (Å²) < 4.78 is 12.4. The molecule has 1 aliphatic rings. The number of hydrogen-bond acceptors (Lipinski definition) is 2. The van der Waals surface area contributed by atoms with Crippen LogP contribution in [0, 0.1) is 5.92 Å². The molecular formula is C18H28O2Si. The third-order valence-electron chi connectivity index (χ3n) is 4.39. The monoisotopic (exact) mass is 304 g/mol. The molecule has 116 valence electrons. The first kappa shape index (κ1) is 16.5. The topological polar surface area (TPSA) is 18.5 Å². The third kappa shape index (κ3) is 5.10. The van der Waals surface area contributed by atoms with E-state index in [1.165, 1.54) is 18.4 Å². The third-order valence-corrected chi connectivity index (χ3v) is 7.40. The summed E-state index contributed by atoms with van der Waals surface area (Å²) in [7, 11) is -1.67. The van der Waals surface area contributed by atoms with Gasteiger partial charge in [-0.3, -0.25) is 0 Å². The molecule has 1 aromatic carbocycles. The predicted octanol–water partition coefficient (Wildman–Crippen LogP) is 4.55. The van der Waals surface area contributed by atoms with Gasteiger partial charge < -0.3 is 8.85 Å². The highest BCUT2D eigenvalue weighted by Crippen LogP contribution is 2.40. The van der Waals surface area contributed by atoms with Crippen LogP contribution in [0.15, 0.2) is 36.4 Å². The lowest BCUT2D eigenvalue weighted by Crippen LogP contribution is -2.39. The molecule has 0 saturated heterocycles. The largest absolute Gasteiger partial charge is 0.393 e. The van der Waals surface area contributed by atoms with Crippen molar-refractivity contribution in [1.82, 2.24) is 0 Å². The molecule has 0 N–H and O–H groups in total. The normalized spacial score (nSPS) is 17.6. The van der Waals surface area contributed by atoms with E-state index < -0.39 is 9.28 Å². The van der Waals surface area contributed by atoms with Crippen LogP contribution in [0.3, 0.4) is 0 Å². The minimum atomic E-state index is -1.67. The number of hydrogen-bond donors (Lipinski definition) is 0. The van der Waals surface area contributed by atoms with E-state index in [-0.39, 0.29) is 5.04 Å². The van der Waals surface area contributed by atoms with Crippen molar-refractivity contribution in [3.63, 3.8) is 0 Å². The second kappa shape index (κ2) is 7.39. The Morgan fingerprint density at radius 2 is 1.90 bits per heavy atom. The van der Waals surface area contributed by atoms with Gasteiger partial charge in [-0.05, 0) is 24.3 Å². The van der Waals surface area contributed by atoms with E-state index in [1.54, 1.807) is 0 Å². The Balaban J connectivity index is 1.88. The SMILES string of the molecule is CC(C)C(C)(C)[SiH](OC/C=C/c1ccccc1)OC1CC1. The lowest BCUT2D eigenvalue weighted by molar-refractivity contribution is 0.169. The van der Waals surface area contributed by atoms with Crippen molar-refractivity contribution >= 4 is 15.4 Å². The molecule has 0 aliphatic heterocycles. The molecule has 1 unspecified atom stereocenters. The zero-order valence-corrected chi connectivity index (χ0v) is 14.9. The molecule has 0 bridgehead atoms. The van der Waals surface area contributed by atoms with E-state index in [0.717, 1.165) is 0 Å². The minimum absolute atomic E-state index is 0.156. The Hall–Kier alpha value is -0.903. The summed E-state index contributed by atoms with van der Waals surface area (Å²) >= 11 is 0. The van der Waals surface area contributed by atoms with Crippen molar-refractivity contribution in [2.45, 2.75) is 51.7 Å². The minimum Gasteiger partial charge on any atom is -0.393 e. The zero-order valence-electron chi connectivity index (χ0n) is 13.7. The molecule has 2 rings (SSSR count). The maximum atomic E-state index is 6.22. The fourth-order valence-electron chi connectivity index (χ4n) is 1.97. The molecule has 1 aromatic rings. The van der Waals surface area contributed by atoms with E-state index in [1.807, 2.05) is 6.07 Å². The zero-order chi connectivity index (χ0) is 15.3. The molecule has 0 amide bonds. The highest BCUT2D eigenvalue weighted by molar-refractivity contribution is 6.48. The number of benzene rings is 1. The van der Waals surface area contributed by atoms with Gasteiger partial charge in [0.15, 0.2) is 0 Å². The summed E-state index contributed by atoms with van der Waals surface area (Å²) in [6.07, 6.45) is 7.10. The van der Waals surface area contributed by atoms with E-state index in [0.29, 0.717) is 18.6 Å². The fourth-order valence-corrected chi connectivity index (χ4v) is 4.28. The number of rotatable bonds is 8. The van der Waals surface area contributed by atoms with Crippen LogP contribution in [0.2, 0.25) is 5.04 Å². The van der Waals surface area contributed by atoms with Gasteiger partial charge >= 0.3 is 9.28 Å². The molecular weight excluding hydrogens is 276 g/mol. The quantitative estimate of drug-likeness (QED) is 0.656. The lowest BCUT2D eigenvalue weighted by atomic mass is 9.99. The van der Waals surface area contributed by atoms with Gasteiger partial charge in [-0.15, -0.1) is 0 Å². The maximum absolute atomic E-state index is 6.22. The second-order valence-electron chi connectivity index (χ2n) is 6.79. The highest BCUT2D eigenvalue weighted by atomic mass is 28.3. The van der Waals surface area contributed by atoms with Crippen LogP contribution >= 0.6 is 0 Å². The van der Waals surface area contributed by atoms with Crippen LogP contribution in [0.5, 0.6) is 0 Å². The molecule has 0 heterocycles. The molecule has 2 nitrogen and oxygen atoms in total. The average molecular weight is 305 g/mol. The van der Waals surface area contributed by atoms with Crippen molar-refractivity contribution in [1.29, 1.82) is 0 Å². The summed E-state index contributed by atoms with van der Waals surface area (Å²) in [4.78, 5) is 0. The maximum Gasteiger partial charge on any atom is 0.328 e. The first-order valence-corrected chi connectivity index (χ1v) is 9.51. The Morgan fingerprint density at radius 3 is 2.48 bits per heavy atom. The molecule has 3 heteroatoms.